The smallest absolute Gasteiger partial charge is 0.138 e. The molecule has 114 valence electrons. The van der Waals surface area contributed by atoms with E-state index < -0.39 is 0 Å². The van der Waals surface area contributed by atoms with Gasteiger partial charge in [0.2, 0.25) is 0 Å². The maximum Gasteiger partial charge on any atom is 0.138 e. The second kappa shape index (κ2) is 8.29. The van der Waals surface area contributed by atoms with Crippen molar-refractivity contribution >= 4 is 15.9 Å². The van der Waals surface area contributed by atoms with Crippen molar-refractivity contribution in [2.24, 2.45) is 5.92 Å². The van der Waals surface area contributed by atoms with E-state index in [1.165, 1.54) is 5.56 Å². The quantitative estimate of drug-likeness (QED) is 0.795. The fourth-order valence-corrected chi connectivity index (χ4v) is 2.98. The summed E-state index contributed by atoms with van der Waals surface area (Å²) in [6.07, 6.45) is 3.65. The van der Waals surface area contributed by atoms with Crippen molar-refractivity contribution in [3.05, 3.63) is 46.5 Å². The van der Waals surface area contributed by atoms with Gasteiger partial charge in [-0.15, -0.1) is 0 Å². The highest BCUT2D eigenvalue weighted by molar-refractivity contribution is 9.10. The average molecular weight is 351 g/mol. The van der Waals surface area contributed by atoms with Crippen LogP contribution in [0.4, 0.5) is 0 Å². The molecular weight excluding hydrogens is 328 g/mol. The Labute approximate surface area is 135 Å². The summed E-state index contributed by atoms with van der Waals surface area (Å²) in [7, 11) is 0. The number of halogens is 1. The summed E-state index contributed by atoms with van der Waals surface area (Å²) in [6.45, 7) is 7.12. The maximum atomic E-state index is 4.41. The van der Waals surface area contributed by atoms with E-state index in [0.717, 1.165) is 42.8 Å². The molecule has 1 heterocycles. The standard InChI is InChI=1S/C16H23BrN4/c1-3-18-11-14(8-13-6-5-7-15(17)9-13)10-16-19-12-20-21(16)4-2/h5-7,9,12,14,18H,3-4,8,10-11H2,1-2H3. The monoisotopic (exact) mass is 350 g/mol. The molecule has 4 nitrogen and oxygen atoms in total. The normalized spacial score (nSPS) is 12.5. The molecule has 1 unspecified atom stereocenters. The van der Waals surface area contributed by atoms with E-state index >= 15 is 0 Å². The van der Waals surface area contributed by atoms with Gasteiger partial charge in [-0.3, -0.25) is 4.68 Å². The molecule has 0 bridgehead atoms. The van der Waals surface area contributed by atoms with Gasteiger partial charge in [0.25, 0.3) is 0 Å². The number of hydrogen-bond acceptors (Lipinski definition) is 3. The Bertz CT molecular complexity index is 553. The molecule has 1 atom stereocenters. The van der Waals surface area contributed by atoms with E-state index in [1.807, 2.05) is 4.68 Å². The van der Waals surface area contributed by atoms with Crippen LogP contribution in [0.25, 0.3) is 0 Å². The van der Waals surface area contributed by atoms with Crippen LogP contribution in [0.5, 0.6) is 0 Å². The minimum Gasteiger partial charge on any atom is -0.317 e. The van der Waals surface area contributed by atoms with Crippen molar-refractivity contribution in [3.63, 3.8) is 0 Å². The van der Waals surface area contributed by atoms with Crippen molar-refractivity contribution < 1.29 is 0 Å². The van der Waals surface area contributed by atoms with Crippen LogP contribution in [0.15, 0.2) is 35.1 Å². The number of aromatic nitrogens is 3. The van der Waals surface area contributed by atoms with Crippen molar-refractivity contribution in [1.29, 1.82) is 0 Å². The van der Waals surface area contributed by atoms with Gasteiger partial charge in [-0.1, -0.05) is 35.0 Å². The van der Waals surface area contributed by atoms with Crippen molar-refractivity contribution in [2.75, 3.05) is 13.1 Å². The Morgan fingerprint density at radius 2 is 2.14 bits per heavy atom. The average Bonchev–Trinajstić information content (AvgIpc) is 2.92. The number of nitrogens with zero attached hydrogens (tertiary/aromatic N) is 3. The molecule has 2 rings (SSSR count). The molecule has 5 heteroatoms. The molecule has 0 amide bonds. The molecule has 0 aliphatic heterocycles. The fourth-order valence-electron chi connectivity index (χ4n) is 2.53. The molecule has 0 spiro atoms. The highest BCUT2D eigenvalue weighted by Crippen LogP contribution is 2.17. The fraction of sp³-hybridized carbons (Fsp3) is 0.500. The van der Waals surface area contributed by atoms with Crippen LogP contribution < -0.4 is 5.32 Å². The molecular formula is C16H23BrN4. The van der Waals surface area contributed by atoms with Gasteiger partial charge in [0.05, 0.1) is 0 Å². The Balaban J connectivity index is 2.07. The van der Waals surface area contributed by atoms with Crippen LogP contribution in [-0.2, 0) is 19.4 Å². The summed E-state index contributed by atoms with van der Waals surface area (Å²) in [4.78, 5) is 4.41. The van der Waals surface area contributed by atoms with Crippen LogP contribution >= 0.6 is 15.9 Å². The van der Waals surface area contributed by atoms with E-state index in [4.69, 9.17) is 0 Å². The number of aryl methyl sites for hydroxylation is 1. The van der Waals surface area contributed by atoms with Gasteiger partial charge in [0.1, 0.15) is 12.2 Å². The number of benzene rings is 1. The van der Waals surface area contributed by atoms with Gasteiger partial charge in [0, 0.05) is 17.4 Å². The molecule has 1 aromatic heterocycles. The number of rotatable bonds is 8. The SMILES string of the molecule is CCNCC(Cc1cccc(Br)c1)Cc1ncnn1CC. The Morgan fingerprint density at radius 1 is 1.29 bits per heavy atom. The van der Waals surface area contributed by atoms with E-state index in [0.29, 0.717) is 5.92 Å². The number of hydrogen-bond donors (Lipinski definition) is 1. The Hall–Kier alpha value is -1.20. The van der Waals surface area contributed by atoms with E-state index in [-0.39, 0.29) is 0 Å². The summed E-state index contributed by atoms with van der Waals surface area (Å²) in [5.41, 5.74) is 1.36. The van der Waals surface area contributed by atoms with Crippen LogP contribution in [-0.4, -0.2) is 27.9 Å². The second-order valence-electron chi connectivity index (χ2n) is 5.20. The predicted molar refractivity (Wildman–Crippen MR) is 89.3 cm³/mol. The third-order valence-corrected chi connectivity index (χ3v) is 4.06. The first-order chi connectivity index (χ1) is 10.2. The van der Waals surface area contributed by atoms with E-state index in [1.54, 1.807) is 6.33 Å². The van der Waals surface area contributed by atoms with Gasteiger partial charge < -0.3 is 5.32 Å². The zero-order chi connectivity index (χ0) is 15.1. The topological polar surface area (TPSA) is 42.7 Å². The zero-order valence-corrected chi connectivity index (χ0v) is 14.3. The first-order valence-corrected chi connectivity index (χ1v) is 8.34. The lowest BCUT2D eigenvalue weighted by molar-refractivity contribution is 0.453. The van der Waals surface area contributed by atoms with Crippen LogP contribution in [0.1, 0.15) is 25.2 Å². The van der Waals surface area contributed by atoms with E-state index in [2.05, 4.69) is 69.4 Å². The molecule has 0 radical (unpaired) electrons. The Kier molecular flexibility index (Phi) is 6.39. The first kappa shape index (κ1) is 16.2. The lowest BCUT2D eigenvalue weighted by atomic mass is 9.95. The first-order valence-electron chi connectivity index (χ1n) is 7.54. The summed E-state index contributed by atoms with van der Waals surface area (Å²) >= 11 is 3.55. The number of nitrogens with one attached hydrogen (secondary N) is 1. The van der Waals surface area contributed by atoms with Crippen molar-refractivity contribution in [3.8, 4) is 0 Å². The zero-order valence-electron chi connectivity index (χ0n) is 12.7. The lowest BCUT2D eigenvalue weighted by Gasteiger charge is -2.17. The van der Waals surface area contributed by atoms with Crippen LogP contribution in [0, 0.1) is 5.92 Å². The second-order valence-corrected chi connectivity index (χ2v) is 6.12. The minimum atomic E-state index is 0.522. The summed E-state index contributed by atoms with van der Waals surface area (Å²) in [5, 5.41) is 7.73. The summed E-state index contributed by atoms with van der Waals surface area (Å²) in [6, 6.07) is 8.55. The third-order valence-electron chi connectivity index (χ3n) is 3.56. The highest BCUT2D eigenvalue weighted by Gasteiger charge is 2.14. The molecule has 0 saturated carbocycles. The third kappa shape index (κ3) is 4.93. The van der Waals surface area contributed by atoms with Gasteiger partial charge >= 0.3 is 0 Å². The summed E-state index contributed by atoms with van der Waals surface area (Å²) in [5.74, 6) is 1.60. The Morgan fingerprint density at radius 3 is 2.86 bits per heavy atom. The molecule has 1 N–H and O–H groups in total. The van der Waals surface area contributed by atoms with Gasteiger partial charge in [-0.25, -0.2) is 4.98 Å². The predicted octanol–water partition coefficient (Wildman–Crippen LogP) is 3.07. The van der Waals surface area contributed by atoms with Gasteiger partial charge in [-0.2, -0.15) is 5.10 Å². The molecule has 2 aromatic rings. The van der Waals surface area contributed by atoms with E-state index in [9.17, 15) is 0 Å². The minimum absolute atomic E-state index is 0.522. The molecule has 0 aliphatic carbocycles. The lowest BCUT2D eigenvalue weighted by Crippen LogP contribution is -2.26. The molecule has 0 aliphatic rings. The molecule has 21 heavy (non-hydrogen) atoms. The largest absolute Gasteiger partial charge is 0.317 e. The van der Waals surface area contributed by atoms with Crippen LogP contribution in [0.3, 0.4) is 0 Å². The van der Waals surface area contributed by atoms with Gasteiger partial charge in [-0.05, 0) is 50.0 Å². The molecule has 1 aromatic carbocycles. The molecule has 0 saturated heterocycles. The maximum absolute atomic E-state index is 4.41. The summed E-state index contributed by atoms with van der Waals surface area (Å²) < 4.78 is 3.12. The highest BCUT2D eigenvalue weighted by atomic mass is 79.9. The van der Waals surface area contributed by atoms with Gasteiger partial charge in [0.15, 0.2) is 0 Å². The molecule has 0 fully saturated rings. The van der Waals surface area contributed by atoms with Crippen LogP contribution in [0.2, 0.25) is 0 Å². The van der Waals surface area contributed by atoms with Crippen molar-refractivity contribution in [2.45, 2.75) is 33.2 Å². The van der Waals surface area contributed by atoms with Crippen molar-refractivity contribution in [1.82, 2.24) is 20.1 Å².